The van der Waals surface area contributed by atoms with Crippen molar-refractivity contribution in [2.75, 3.05) is 32.5 Å². The van der Waals surface area contributed by atoms with Crippen molar-refractivity contribution < 1.29 is 14.5 Å². The van der Waals surface area contributed by atoms with Crippen molar-refractivity contribution in [1.82, 2.24) is 4.90 Å². The van der Waals surface area contributed by atoms with E-state index in [0.717, 1.165) is 41.5 Å². The molecule has 0 radical (unpaired) electrons. The van der Waals surface area contributed by atoms with E-state index in [4.69, 9.17) is 0 Å². The number of nitrogens with zero attached hydrogens (tertiary/aromatic N) is 2. The summed E-state index contributed by atoms with van der Waals surface area (Å²) in [5.41, 5.74) is 0.0200. The number of benzene rings is 1. The lowest BCUT2D eigenvalue weighted by Crippen LogP contribution is -3.11. The molecule has 1 aliphatic rings. The summed E-state index contributed by atoms with van der Waals surface area (Å²) in [7, 11) is 3.52. The number of quaternary nitrogens is 1. The third-order valence-corrected chi connectivity index (χ3v) is 5.66. The van der Waals surface area contributed by atoms with Gasteiger partial charge in [-0.25, -0.2) is 0 Å². The van der Waals surface area contributed by atoms with Gasteiger partial charge in [-0.2, -0.15) is 5.26 Å². The molecule has 1 aromatic carbocycles. The first kappa shape index (κ1) is 20.4. The Morgan fingerprint density at radius 1 is 1.27 bits per heavy atom. The first-order chi connectivity index (χ1) is 12.4. The van der Waals surface area contributed by atoms with Gasteiger partial charge in [-0.1, -0.05) is 31.4 Å². The Hall–Kier alpha value is -1.91. The fourth-order valence-electron chi connectivity index (χ4n) is 3.37. The predicted octanol–water partition coefficient (Wildman–Crippen LogP) is 1.59. The van der Waals surface area contributed by atoms with Gasteiger partial charge in [-0.3, -0.25) is 9.59 Å². The molecule has 2 rings (SSSR count). The second-order valence-electron chi connectivity index (χ2n) is 7.00. The third kappa shape index (κ3) is 5.05. The number of amides is 2. The largest absolute Gasteiger partial charge is 0.322 e. The maximum Gasteiger partial charge on any atom is 0.279 e. The Labute approximate surface area is 163 Å². The van der Waals surface area contributed by atoms with Gasteiger partial charge in [0.1, 0.15) is 5.54 Å². The smallest absolute Gasteiger partial charge is 0.279 e. The van der Waals surface area contributed by atoms with Crippen LogP contribution in [0.4, 0.5) is 5.69 Å². The van der Waals surface area contributed by atoms with Crippen LogP contribution in [0.2, 0.25) is 0 Å². The fraction of sp³-hybridized carbons (Fsp3) is 0.526. The van der Waals surface area contributed by atoms with E-state index in [-0.39, 0.29) is 24.9 Å². The van der Waals surface area contributed by atoms with E-state index in [1.54, 1.807) is 11.9 Å². The van der Waals surface area contributed by atoms with Gasteiger partial charge in [0, 0.05) is 11.5 Å². The zero-order valence-electron chi connectivity index (χ0n) is 15.3. The highest BCUT2D eigenvalue weighted by molar-refractivity contribution is 9.10. The van der Waals surface area contributed by atoms with Crippen molar-refractivity contribution in [1.29, 1.82) is 5.26 Å². The summed E-state index contributed by atoms with van der Waals surface area (Å²) in [5, 5.41) is 12.5. The van der Waals surface area contributed by atoms with Crippen LogP contribution in [0.15, 0.2) is 28.7 Å². The molecule has 1 saturated carbocycles. The van der Waals surface area contributed by atoms with Crippen LogP contribution in [0.5, 0.6) is 0 Å². The number of halogens is 1. The Bertz CT molecular complexity index is 695. The summed E-state index contributed by atoms with van der Waals surface area (Å²) in [6.07, 6.45) is 4.52. The molecule has 7 heteroatoms. The summed E-state index contributed by atoms with van der Waals surface area (Å²) >= 11 is 3.40. The molecular weight excluding hydrogens is 396 g/mol. The van der Waals surface area contributed by atoms with E-state index in [2.05, 4.69) is 27.3 Å². The van der Waals surface area contributed by atoms with Gasteiger partial charge in [0.25, 0.3) is 11.8 Å². The number of rotatable bonds is 6. The molecule has 1 fully saturated rings. The van der Waals surface area contributed by atoms with Gasteiger partial charge >= 0.3 is 0 Å². The second-order valence-corrected chi connectivity index (χ2v) is 7.85. The molecule has 1 atom stereocenters. The first-order valence-corrected chi connectivity index (χ1v) is 9.71. The topological polar surface area (TPSA) is 77.6 Å². The minimum Gasteiger partial charge on any atom is -0.322 e. The number of nitrogens with one attached hydrogen (secondary N) is 2. The highest BCUT2D eigenvalue weighted by atomic mass is 79.9. The summed E-state index contributed by atoms with van der Waals surface area (Å²) in [6.45, 7) is 0.365. The van der Waals surface area contributed by atoms with Crippen molar-refractivity contribution in [3.8, 4) is 6.07 Å². The molecule has 0 aromatic heterocycles. The second kappa shape index (κ2) is 9.15. The number of hydrogen-bond donors (Lipinski definition) is 2. The Balaban J connectivity index is 1.89. The van der Waals surface area contributed by atoms with Crippen LogP contribution < -0.4 is 10.2 Å². The normalized spacial score (nSPS) is 17.0. The van der Waals surface area contributed by atoms with Crippen LogP contribution >= 0.6 is 15.9 Å². The van der Waals surface area contributed by atoms with E-state index < -0.39 is 5.54 Å². The summed E-state index contributed by atoms with van der Waals surface area (Å²) in [6, 6.07) is 9.76. The van der Waals surface area contributed by atoms with Crippen LogP contribution in [0.25, 0.3) is 0 Å². The number of anilines is 1. The molecule has 140 valence electrons. The van der Waals surface area contributed by atoms with Gasteiger partial charge in [0.15, 0.2) is 13.1 Å². The monoisotopic (exact) mass is 421 g/mol. The molecule has 26 heavy (non-hydrogen) atoms. The summed E-state index contributed by atoms with van der Waals surface area (Å²) in [5.74, 6) is -0.253. The Kier molecular flexibility index (Phi) is 7.18. The van der Waals surface area contributed by atoms with E-state index in [1.165, 1.54) is 0 Å². The molecular formula is C19H26BrN4O2+. The molecule has 0 heterocycles. The van der Waals surface area contributed by atoms with E-state index in [9.17, 15) is 14.9 Å². The fourth-order valence-corrected chi connectivity index (χ4v) is 3.75. The number of para-hydroxylation sites is 1. The van der Waals surface area contributed by atoms with Crippen LogP contribution in [0.1, 0.15) is 32.1 Å². The number of hydrogen-bond acceptors (Lipinski definition) is 3. The van der Waals surface area contributed by atoms with Crippen LogP contribution in [-0.4, -0.2) is 49.4 Å². The standard InChI is InChI=1S/C19H25BrN4O2/c1-23(12-17(25)22-16-9-5-4-8-15(16)20)13-18(26)24(2)19(14-21)10-6-3-7-11-19/h4-5,8-9H,3,6-7,10-13H2,1-2H3,(H,22,25)/p+1. The zero-order chi connectivity index (χ0) is 19.2. The predicted molar refractivity (Wildman–Crippen MR) is 104 cm³/mol. The van der Waals surface area contributed by atoms with Crippen LogP contribution in [0, 0.1) is 11.3 Å². The maximum atomic E-state index is 12.6. The van der Waals surface area contributed by atoms with Gasteiger partial charge in [0.05, 0.1) is 18.8 Å². The highest BCUT2D eigenvalue weighted by Gasteiger charge is 2.39. The maximum absolute atomic E-state index is 12.6. The number of carbonyl (C=O) groups excluding carboxylic acids is 2. The van der Waals surface area contributed by atoms with Crippen molar-refractivity contribution in [2.24, 2.45) is 0 Å². The zero-order valence-corrected chi connectivity index (χ0v) is 16.9. The minimum absolute atomic E-state index is 0.0976. The molecule has 2 N–H and O–H groups in total. The average molecular weight is 422 g/mol. The highest BCUT2D eigenvalue weighted by Crippen LogP contribution is 2.32. The molecule has 6 nitrogen and oxygen atoms in total. The lowest BCUT2D eigenvalue weighted by atomic mass is 9.81. The Morgan fingerprint density at radius 3 is 2.54 bits per heavy atom. The molecule has 0 saturated heterocycles. The quantitative estimate of drug-likeness (QED) is 0.731. The molecule has 2 amide bonds. The van der Waals surface area contributed by atoms with Crippen molar-refractivity contribution in [3.63, 3.8) is 0 Å². The van der Waals surface area contributed by atoms with E-state index >= 15 is 0 Å². The van der Waals surface area contributed by atoms with E-state index in [1.807, 2.05) is 31.3 Å². The number of nitriles is 1. The summed E-state index contributed by atoms with van der Waals surface area (Å²) in [4.78, 5) is 27.2. The van der Waals surface area contributed by atoms with Gasteiger partial charge in [-0.15, -0.1) is 0 Å². The molecule has 0 bridgehead atoms. The molecule has 0 spiro atoms. The van der Waals surface area contributed by atoms with E-state index in [0.29, 0.717) is 5.69 Å². The lowest BCUT2D eigenvalue weighted by molar-refractivity contribution is -0.862. The van der Waals surface area contributed by atoms with Gasteiger partial charge < -0.3 is 15.1 Å². The number of likely N-dealkylation sites (N-methyl/N-ethyl adjacent to an activating group) is 2. The number of carbonyl (C=O) groups is 2. The lowest BCUT2D eigenvalue weighted by Gasteiger charge is -2.39. The van der Waals surface area contributed by atoms with Gasteiger partial charge in [-0.05, 0) is 40.9 Å². The SMILES string of the molecule is CN(C(=O)C[NH+](C)CC(=O)Nc1ccccc1Br)C1(C#N)CCCCC1. The molecule has 0 aliphatic heterocycles. The van der Waals surface area contributed by atoms with Crippen LogP contribution in [-0.2, 0) is 9.59 Å². The van der Waals surface area contributed by atoms with Crippen LogP contribution in [0.3, 0.4) is 0 Å². The van der Waals surface area contributed by atoms with Crippen molar-refractivity contribution in [3.05, 3.63) is 28.7 Å². The van der Waals surface area contributed by atoms with Crippen molar-refractivity contribution in [2.45, 2.75) is 37.6 Å². The van der Waals surface area contributed by atoms with Gasteiger partial charge in [0.2, 0.25) is 0 Å². The third-order valence-electron chi connectivity index (χ3n) is 4.97. The molecule has 1 unspecified atom stereocenters. The Morgan fingerprint density at radius 2 is 1.92 bits per heavy atom. The molecule has 1 aromatic rings. The molecule has 1 aliphatic carbocycles. The first-order valence-electron chi connectivity index (χ1n) is 8.91. The van der Waals surface area contributed by atoms with Crippen molar-refractivity contribution >= 4 is 33.4 Å². The minimum atomic E-state index is -0.688. The summed E-state index contributed by atoms with van der Waals surface area (Å²) < 4.78 is 0.815. The average Bonchev–Trinajstić information content (AvgIpc) is 2.63.